The summed E-state index contributed by atoms with van der Waals surface area (Å²) in [6, 6.07) is 0. The van der Waals surface area contributed by atoms with Gasteiger partial charge in [-0.1, -0.05) is 0 Å². The topological polar surface area (TPSA) is 24.5 Å². The van der Waals surface area contributed by atoms with Crippen molar-refractivity contribution in [1.82, 2.24) is 10.2 Å². The highest BCUT2D eigenvalue weighted by Gasteiger charge is 2.23. The van der Waals surface area contributed by atoms with Crippen molar-refractivity contribution in [2.45, 2.75) is 25.7 Å². The molecule has 0 saturated carbocycles. The summed E-state index contributed by atoms with van der Waals surface area (Å²) in [5.74, 6) is 1.71. The van der Waals surface area contributed by atoms with E-state index in [4.69, 9.17) is 4.74 Å². The average Bonchev–Trinajstić information content (AvgIpc) is 2.76. The Bertz CT molecular complexity index is 192. The molecule has 0 spiro atoms. The van der Waals surface area contributed by atoms with Gasteiger partial charge in [0.05, 0.1) is 6.61 Å². The van der Waals surface area contributed by atoms with Crippen molar-refractivity contribution in [2.75, 3.05) is 46.4 Å². The third-order valence-electron chi connectivity index (χ3n) is 4.02. The predicted octanol–water partition coefficient (Wildman–Crippen LogP) is 1.34. The standard InChI is InChI=1S/C13H26N2O/c1-16-11-13-5-8-15(10-13)7-4-12-3-2-6-14-9-12/h12-14H,2-11H2,1H3. The molecule has 2 unspecified atom stereocenters. The molecule has 0 amide bonds. The van der Waals surface area contributed by atoms with Gasteiger partial charge in [0.2, 0.25) is 0 Å². The molecule has 94 valence electrons. The molecule has 2 fully saturated rings. The maximum Gasteiger partial charge on any atom is 0.0503 e. The third-order valence-corrected chi connectivity index (χ3v) is 4.02. The molecular weight excluding hydrogens is 200 g/mol. The maximum absolute atomic E-state index is 5.23. The molecule has 3 heteroatoms. The van der Waals surface area contributed by atoms with Crippen LogP contribution in [-0.4, -0.2) is 51.3 Å². The fraction of sp³-hybridized carbons (Fsp3) is 1.00. The molecule has 0 radical (unpaired) electrons. The number of rotatable bonds is 5. The van der Waals surface area contributed by atoms with E-state index < -0.39 is 0 Å². The number of nitrogens with zero attached hydrogens (tertiary/aromatic N) is 1. The van der Waals surface area contributed by atoms with Crippen LogP contribution in [-0.2, 0) is 4.74 Å². The maximum atomic E-state index is 5.23. The first-order chi connectivity index (χ1) is 7.88. The third kappa shape index (κ3) is 3.72. The van der Waals surface area contributed by atoms with Gasteiger partial charge in [-0.15, -0.1) is 0 Å². The van der Waals surface area contributed by atoms with Crippen LogP contribution < -0.4 is 5.32 Å². The molecule has 0 bridgehead atoms. The molecule has 2 rings (SSSR count). The quantitative estimate of drug-likeness (QED) is 0.766. The number of hydrogen-bond acceptors (Lipinski definition) is 3. The van der Waals surface area contributed by atoms with E-state index >= 15 is 0 Å². The molecule has 0 aliphatic carbocycles. The van der Waals surface area contributed by atoms with Crippen LogP contribution in [0.5, 0.6) is 0 Å². The Morgan fingerprint density at radius 1 is 1.31 bits per heavy atom. The molecule has 1 N–H and O–H groups in total. The van der Waals surface area contributed by atoms with Crippen LogP contribution in [0.3, 0.4) is 0 Å². The molecule has 0 aromatic rings. The zero-order valence-electron chi connectivity index (χ0n) is 10.6. The first-order valence-corrected chi connectivity index (χ1v) is 6.80. The first-order valence-electron chi connectivity index (χ1n) is 6.80. The minimum absolute atomic E-state index is 0.787. The van der Waals surface area contributed by atoms with Crippen LogP contribution in [0.4, 0.5) is 0 Å². The van der Waals surface area contributed by atoms with E-state index in [2.05, 4.69) is 10.2 Å². The summed E-state index contributed by atoms with van der Waals surface area (Å²) in [5.41, 5.74) is 0. The molecule has 2 aliphatic rings. The highest BCUT2D eigenvalue weighted by atomic mass is 16.5. The van der Waals surface area contributed by atoms with Crippen LogP contribution in [0, 0.1) is 11.8 Å². The molecule has 0 aromatic heterocycles. The normalized spacial score (nSPS) is 32.1. The van der Waals surface area contributed by atoms with Gasteiger partial charge in [-0.05, 0) is 63.7 Å². The Hall–Kier alpha value is -0.120. The van der Waals surface area contributed by atoms with E-state index in [-0.39, 0.29) is 0 Å². The number of nitrogens with one attached hydrogen (secondary N) is 1. The van der Waals surface area contributed by atoms with Crippen molar-refractivity contribution in [1.29, 1.82) is 0 Å². The van der Waals surface area contributed by atoms with Gasteiger partial charge in [0.25, 0.3) is 0 Å². The predicted molar refractivity (Wildman–Crippen MR) is 66.6 cm³/mol. The van der Waals surface area contributed by atoms with E-state index in [9.17, 15) is 0 Å². The average molecular weight is 226 g/mol. The molecule has 2 aliphatic heterocycles. The monoisotopic (exact) mass is 226 g/mol. The lowest BCUT2D eigenvalue weighted by atomic mass is 9.96. The number of likely N-dealkylation sites (tertiary alicyclic amines) is 1. The van der Waals surface area contributed by atoms with Crippen LogP contribution in [0.1, 0.15) is 25.7 Å². The molecular formula is C13H26N2O. The summed E-state index contributed by atoms with van der Waals surface area (Å²) >= 11 is 0. The van der Waals surface area contributed by atoms with Gasteiger partial charge >= 0.3 is 0 Å². The number of ether oxygens (including phenoxy) is 1. The van der Waals surface area contributed by atoms with Crippen molar-refractivity contribution >= 4 is 0 Å². The molecule has 2 saturated heterocycles. The fourth-order valence-corrected chi connectivity index (χ4v) is 3.02. The van der Waals surface area contributed by atoms with Crippen molar-refractivity contribution in [3.63, 3.8) is 0 Å². The highest BCUT2D eigenvalue weighted by Crippen LogP contribution is 2.19. The fourth-order valence-electron chi connectivity index (χ4n) is 3.02. The van der Waals surface area contributed by atoms with Gasteiger partial charge in [-0.2, -0.15) is 0 Å². The van der Waals surface area contributed by atoms with Gasteiger partial charge in [0.1, 0.15) is 0 Å². The van der Waals surface area contributed by atoms with Gasteiger partial charge in [0.15, 0.2) is 0 Å². The van der Waals surface area contributed by atoms with Crippen LogP contribution in [0.15, 0.2) is 0 Å². The smallest absolute Gasteiger partial charge is 0.0503 e. The van der Waals surface area contributed by atoms with Crippen molar-refractivity contribution in [3.8, 4) is 0 Å². The lowest BCUT2D eigenvalue weighted by Crippen LogP contribution is -2.32. The minimum atomic E-state index is 0.787. The Morgan fingerprint density at radius 3 is 3.00 bits per heavy atom. The Morgan fingerprint density at radius 2 is 2.25 bits per heavy atom. The number of methoxy groups -OCH3 is 1. The summed E-state index contributed by atoms with van der Waals surface area (Å²) in [5, 5.41) is 3.50. The SMILES string of the molecule is COCC1CCN(CCC2CCCNC2)C1. The van der Waals surface area contributed by atoms with E-state index in [0.29, 0.717) is 0 Å². The Balaban J connectivity index is 1.59. The number of piperidine rings is 1. The molecule has 2 heterocycles. The highest BCUT2D eigenvalue weighted by molar-refractivity contribution is 4.77. The largest absolute Gasteiger partial charge is 0.384 e. The van der Waals surface area contributed by atoms with Gasteiger partial charge in [-0.25, -0.2) is 0 Å². The van der Waals surface area contributed by atoms with Gasteiger partial charge in [0, 0.05) is 13.7 Å². The van der Waals surface area contributed by atoms with E-state index in [0.717, 1.165) is 18.4 Å². The lowest BCUT2D eigenvalue weighted by Gasteiger charge is -2.25. The van der Waals surface area contributed by atoms with Crippen molar-refractivity contribution < 1.29 is 4.74 Å². The second-order valence-electron chi connectivity index (χ2n) is 5.41. The molecule has 16 heavy (non-hydrogen) atoms. The van der Waals surface area contributed by atoms with Gasteiger partial charge in [-0.3, -0.25) is 0 Å². The zero-order valence-corrected chi connectivity index (χ0v) is 10.6. The van der Waals surface area contributed by atoms with E-state index in [1.165, 1.54) is 58.4 Å². The number of hydrogen-bond donors (Lipinski definition) is 1. The molecule has 0 aromatic carbocycles. The van der Waals surface area contributed by atoms with E-state index in [1.807, 2.05) is 7.11 Å². The Kier molecular flexibility index (Phi) is 5.07. The second-order valence-corrected chi connectivity index (χ2v) is 5.41. The lowest BCUT2D eigenvalue weighted by molar-refractivity contribution is 0.152. The van der Waals surface area contributed by atoms with Crippen molar-refractivity contribution in [2.24, 2.45) is 11.8 Å². The summed E-state index contributed by atoms with van der Waals surface area (Å²) in [4.78, 5) is 2.62. The molecule has 2 atom stereocenters. The summed E-state index contributed by atoms with van der Waals surface area (Å²) in [6.07, 6.45) is 5.52. The van der Waals surface area contributed by atoms with Gasteiger partial charge < -0.3 is 15.0 Å². The summed E-state index contributed by atoms with van der Waals surface area (Å²) in [7, 11) is 1.82. The van der Waals surface area contributed by atoms with E-state index in [1.54, 1.807) is 0 Å². The second kappa shape index (κ2) is 6.58. The van der Waals surface area contributed by atoms with Crippen molar-refractivity contribution in [3.05, 3.63) is 0 Å². The summed E-state index contributed by atoms with van der Waals surface area (Å²) in [6.45, 7) is 7.27. The first kappa shape index (κ1) is 12.3. The zero-order chi connectivity index (χ0) is 11.2. The van der Waals surface area contributed by atoms with Crippen LogP contribution in [0.2, 0.25) is 0 Å². The Labute approximate surface area is 99.5 Å². The molecule has 3 nitrogen and oxygen atoms in total. The van der Waals surface area contributed by atoms with Crippen LogP contribution in [0.25, 0.3) is 0 Å². The minimum Gasteiger partial charge on any atom is -0.384 e. The van der Waals surface area contributed by atoms with Crippen LogP contribution >= 0.6 is 0 Å². The summed E-state index contributed by atoms with van der Waals surface area (Å²) < 4.78 is 5.23.